The second kappa shape index (κ2) is 14.3. The van der Waals surface area contributed by atoms with Crippen molar-refractivity contribution < 1.29 is 24.2 Å². The Bertz CT molecular complexity index is 774. The van der Waals surface area contributed by atoms with E-state index in [1.807, 2.05) is 42.3 Å². The lowest BCUT2D eigenvalue weighted by atomic mass is 9.88. The molecule has 2 saturated heterocycles. The molecular weight excluding hydrogens is 448 g/mol. The van der Waals surface area contributed by atoms with Gasteiger partial charge in [0.15, 0.2) is 0 Å². The van der Waals surface area contributed by atoms with Crippen molar-refractivity contribution in [2.45, 2.75) is 44.2 Å². The summed E-state index contributed by atoms with van der Waals surface area (Å²) in [4.78, 5) is 27.5. The van der Waals surface area contributed by atoms with Crippen molar-refractivity contribution in [3.8, 4) is 0 Å². The minimum absolute atomic E-state index is 0.0240. The summed E-state index contributed by atoms with van der Waals surface area (Å²) >= 11 is 0. The van der Waals surface area contributed by atoms with E-state index in [0.717, 1.165) is 64.0 Å². The summed E-state index contributed by atoms with van der Waals surface area (Å²) in [6, 6.07) is 10.1. The van der Waals surface area contributed by atoms with E-state index in [1.54, 1.807) is 0 Å². The molecule has 196 valence electrons. The van der Waals surface area contributed by atoms with Gasteiger partial charge in [0.25, 0.3) is 0 Å². The summed E-state index contributed by atoms with van der Waals surface area (Å²) in [6.07, 6.45) is 3.85. The van der Waals surface area contributed by atoms with Crippen LogP contribution in [0.4, 0.5) is 9.59 Å². The topological polar surface area (TPSA) is 103 Å². The van der Waals surface area contributed by atoms with Gasteiger partial charge in [-0.15, -0.1) is 0 Å². The minimum Gasteiger partial charge on any atom is -0.465 e. The van der Waals surface area contributed by atoms with E-state index in [-0.39, 0.29) is 24.1 Å². The summed E-state index contributed by atoms with van der Waals surface area (Å²) in [5.41, 5.74) is 1.06. The first-order chi connectivity index (χ1) is 17.0. The molecule has 0 radical (unpaired) electrons. The highest BCUT2D eigenvalue weighted by Crippen LogP contribution is 2.33. The van der Waals surface area contributed by atoms with Crippen LogP contribution in [0.2, 0.25) is 0 Å². The van der Waals surface area contributed by atoms with Gasteiger partial charge in [-0.05, 0) is 50.6 Å². The maximum absolute atomic E-state index is 13.3. The first-order valence-corrected chi connectivity index (χ1v) is 12.9. The molecule has 9 nitrogen and oxygen atoms in total. The van der Waals surface area contributed by atoms with Crippen LogP contribution >= 0.6 is 0 Å². The number of likely N-dealkylation sites (N-methyl/N-ethyl adjacent to an activating group) is 2. The van der Waals surface area contributed by atoms with E-state index in [0.29, 0.717) is 25.6 Å². The Kier molecular flexibility index (Phi) is 11.1. The number of carboxylic acid groups (broad SMARTS) is 1. The number of nitrogens with one attached hydrogen (secondary N) is 2. The van der Waals surface area contributed by atoms with Gasteiger partial charge in [0.1, 0.15) is 0 Å². The molecule has 2 aliphatic heterocycles. The predicted molar refractivity (Wildman–Crippen MR) is 134 cm³/mol. The average Bonchev–Trinajstić information content (AvgIpc) is 2.87. The molecule has 3 rings (SSSR count). The lowest BCUT2D eigenvalue weighted by Crippen LogP contribution is -2.52. The van der Waals surface area contributed by atoms with Crippen LogP contribution in [0.15, 0.2) is 30.3 Å². The van der Waals surface area contributed by atoms with Gasteiger partial charge in [-0.1, -0.05) is 30.3 Å². The van der Waals surface area contributed by atoms with Crippen molar-refractivity contribution in [1.82, 2.24) is 20.4 Å². The highest BCUT2D eigenvalue weighted by molar-refractivity contribution is 5.74. The average molecular weight is 491 g/mol. The van der Waals surface area contributed by atoms with E-state index in [2.05, 4.69) is 10.6 Å². The Balaban J connectivity index is 1.61. The number of likely N-dealkylation sites (tertiary alicyclic amines) is 1. The second-order valence-electron chi connectivity index (χ2n) is 9.78. The smallest absolute Gasteiger partial charge is 0.407 e. The molecule has 0 bridgehead atoms. The van der Waals surface area contributed by atoms with Crippen LogP contribution in [-0.4, -0.2) is 93.2 Å². The van der Waals surface area contributed by atoms with E-state index in [1.165, 1.54) is 11.9 Å². The maximum Gasteiger partial charge on any atom is 0.407 e. The fraction of sp³-hybridized carbons (Fsp3) is 0.692. The van der Waals surface area contributed by atoms with Crippen molar-refractivity contribution in [3.63, 3.8) is 0 Å². The molecule has 2 fully saturated rings. The van der Waals surface area contributed by atoms with Crippen LogP contribution in [0, 0.1) is 11.8 Å². The molecule has 1 unspecified atom stereocenters. The van der Waals surface area contributed by atoms with Crippen LogP contribution in [0.5, 0.6) is 0 Å². The van der Waals surface area contributed by atoms with E-state index in [4.69, 9.17) is 14.6 Å². The fourth-order valence-electron chi connectivity index (χ4n) is 5.10. The van der Waals surface area contributed by atoms with Gasteiger partial charge in [0.05, 0.1) is 12.7 Å². The molecule has 35 heavy (non-hydrogen) atoms. The van der Waals surface area contributed by atoms with Gasteiger partial charge in [-0.25, -0.2) is 9.59 Å². The quantitative estimate of drug-likeness (QED) is 0.440. The molecule has 2 heterocycles. The number of carbonyl (C=O) groups excluding carboxylic acids is 1. The molecule has 0 saturated carbocycles. The van der Waals surface area contributed by atoms with Gasteiger partial charge in [-0.2, -0.15) is 0 Å². The number of amides is 3. The molecule has 3 amide bonds. The molecular formula is C26H42N4O5. The largest absolute Gasteiger partial charge is 0.465 e. The zero-order valence-electron chi connectivity index (χ0n) is 21.2. The summed E-state index contributed by atoms with van der Waals surface area (Å²) in [5.74, 6) is 0.623. The number of hydrogen-bond acceptors (Lipinski definition) is 5. The Morgan fingerprint density at radius 2 is 2.06 bits per heavy atom. The predicted octanol–water partition coefficient (Wildman–Crippen LogP) is 3.18. The normalized spacial score (nSPS) is 22.3. The lowest BCUT2D eigenvalue weighted by molar-refractivity contribution is -0.0156. The molecule has 1 aromatic carbocycles. The summed E-state index contributed by atoms with van der Waals surface area (Å²) < 4.78 is 11.9. The zero-order chi connectivity index (χ0) is 25.0. The number of urea groups is 1. The number of ether oxygens (including phenoxy) is 2. The number of benzene rings is 1. The lowest BCUT2D eigenvalue weighted by Gasteiger charge is -2.38. The van der Waals surface area contributed by atoms with Crippen LogP contribution < -0.4 is 10.6 Å². The fourth-order valence-corrected chi connectivity index (χ4v) is 5.10. The molecule has 4 atom stereocenters. The van der Waals surface area contributed by atoms with Crippen molar-refractivity contribution in [2.75, 3.05) is 60.1 Å². The Hall–Kier alpha value is -2.36. The minimum atomic E-state index is -0.971. The van der Waals surface area contributed by atoms with Gasteiger partial charge < -0.3 is 35.0 Å². The number of nitrogens with zero attached hydrogens (tertiary/aromatic N) is 2. The molecule has 1 aromatic rings. The maximum atomic E-state index is 13.3. The number of piperidine rings is 1. The van der Waals surface area contributed by atoms with Gasteiger partial charge in [0, 0.05) is 58.4 Å². The van der Waals surface area contributed by atoms with Crippen molar-refractivity contribution in [1.29, 1.82) is 0 Å². The molecule has 2 aliphatic rings. The first-order valence-electron chi connectivity index (χ1n) is 12.9. The van der Waals surface area contributed by atoms with E-state index >= 15 is 0 Å². The monoisotopic (exact) mass is 490 g/mol. The van der Waals surface area contributed by atoms with Crippen LogP contribution in [0.25, 0.3) is 0 Å². The van der Waals surface area contributed by atoms with E-state index < -0.39 is 6.09 Å². The van der Waals surface area contributed by atoms with Crippen molar-refractivity contribution >= 4 is 12.1 Å². The summed E-state index contributed by atoms with van der Waals surface area (Å²) in [5, 5.41) is 15.6. The number of carbonyl (C=O) groups is 2. The molecule has 0 aliphatic carbocycles. The molecule has 9 heteroatoms. The highest BCUT2D eigenvalue weighted by Gasteiger charge is 2.32. The Labute approximate surface area is 209 Å². The first kappa shape index (κ1) is 27.2. The summed E-state index contributed by atoms with van der Waals surface area (Å²) in [7, 11) is 3.45. The molecule has 3 N–H and O–H groups in total. The Morgan fingerprint density at radius 1 is 1.26 bits per heavy atom. The SMILES string of the molecule is CNC[C@H](C[C@H]1CCCOC1)NC(=O)N1CCC[C@@H](C(OCCN(C)C(=O)O)c2ccccc2)C1. The highest BCUT2D eigenvalue weighted by atomic mass is 16.5. The third-order valence-corrected chi connectivity index (χ3v) is 7.00. The van der Waals surface area contributed by atoms with Crippen LogP contribution in [0.3, 0.4) is 0 Å². The van der Waals surface area contributed by atoms with Gasteiger partial charge in [0.2, 0.25) is 0 Å². The molecule has 0 spiro atoms. The van der Waals surface area contributed by atoms with Gasteiger partial charge >= 0.3 is 12.1 Å². The Morgan fingerprint density at radius 3 is 2.74 bits per heavy atom. The summed E-state index contributed by atoms with van der Waals surface area (Å²) in [6.45, 7) is 4.28. The second-order valence-corrected chi connectivity index (χ2v) is 9.78. The third-order valence-electron chi connectivity index (χ3n) is 7.00. The zero-order valence-corrected chi connectivity index (χ0v) is 21.2. The number of rotatable bonds is 11. The standard InChI is InChI=1S/C26H42N4O5/c1-27-17-23(16-20-8-7-14-34-19-20)28-25(31)30-12-6-11-22(18-30)24(21-9-4-3-5-10-21)35-15-13-29(2)26(32)33/h3-5,9-10,20,22-24,27H,6-8,11-19H2,1-2H3,(H,28,31)(H,32,33)/t20-,22-,23+,24?/m1/s1. The van der Waals surface area contributed by atoms with Crippen molar-refractivity contribution in [2.24, 2.45) is 11.8 Å². The van der Waals surface area contributed by atoms with E-state index in [9.17, 15) is 9.59 Å². The van der Waals surface area contributed by atoms with Crippen molar-refractivity contribution in [3.05, 3.63) is 35.9 Å². The third kappa shape index (κ3) is 8.66. The molecule has 0 aromatic heterocycles. The van der Waals surface area contributed by atoms with Crippen LogP contribution in [-0.2, 0) is 9.47 Å². The van der Waals surface area contributed by atoms with Crippen LogP contribution in [0.1, 0.15) is 43.8 Å². The number of hydrogen-bond donors (Lipinski definition) is 3. The van der Waals surface area contributed by atoms with Gasteiger partial charge in [-0.3, -0.25) is 0 Å².